The van der Waals surface area contributed by atoms with Crippen LogP contribution in [0.4, 0.5) is 0 Å². The van der Waals surface area contributed by atoms with Crippen LogP contribution in [-0.2, 0) is 13.9 Å². The van der Waals surface area contributed by atoms with Crippen molar-refractivity contribution in [3.8, 4) is 0 Å². The van der Waals surface area contributed by atoms with Gasteiger partial charge in [0.2, 0.25) is 6.41 Å². The van der Waals surface area contributed by atoms with Crippen molar-refractivity contribution in [3.05, 3.63) is 0 Å². The first-order valence-electron chi connectivity index (χ1n) is 3.44. The number of phosphoric acid groups is 1. The van der Waals surface area contributed by atoms with Gasteiger partial charge in [-0.1, -0.05) is 0 Å². The van der Waals surface area contributed by atoms with Crippen molar-refractivity contribution in [2.24, 2.45) is 0 Å². The molecule has 1 aliphatic rings. The molecule has 0 spiro atoms. The topological polar surface area (TPSA) is 87.1 Å². The van der Waals surface area contributed by atoms with Gasteiger partial charge >= 0.3 is 7.82 Å². The highest BCUT2D eigenvalue weighted by Gasteiger charge is 2.28. The number of nitrogens with zero attached hydrogens (tertiary/aromatic N) is 1. The van der Waals surface area contributed by atoms with Crippen molar-refractivity contribution in [1.29, 1.82) is 0 Å². The van der Waals surface area contributed by atoms with Crippen LogP contribution in [0, 0.1) is 0 Å². The number of phosphoric ester groups is 1. The molecule has 1 rings (SSSR count). The van der Waals surface area contributed by atoms with Gasteiger partial charge in [-0.05, 0) is 6.42 Å². The largest absolute Gasteiger partial charge is 0.469 e. The number of carbonyl (C=O) groups excluding carboxylic acids is 1. The van der Waals surface area contributed by atoms with Crippen LogP contribution in [0.5, 0.6) is 0 Å². The molecule has 7 heteroatoms. The zero-order valence-electron chi connectivity index (χ0n) is 6.29. The lowest BCUT2D eigenvalue weighted by Gasteiger charge is -2.11. The molecule has 0 aromatic rings. The molecule has 1 saturated heterocycles. The fourth-order valence-corrected chi connectivity index (χ4v) is 1.69. The Morgan fingerprint density at radius 2 is 2.25 bits per heavy atom. The minimum Gasteiger partial charge on any atom is -0.343 e. The van der Waals surface area contributed by atoms with E-state index in [2.05, 4.69) is 4.52 Å². The van der Waals surface area contributed by atoms with Crippen LogP contribution in [-0.4, -0.2) is 40.3 Å². The summed E-state index contributed by atoms with van der Waals surface area (Å²) >= 11 is 0. The molecule has 0 aliphatic carbocycles. The third kappa shape index (κ3) is 2.91. The highest BCUT2D eigenvalue weighted by Crippen LogP contribution is 2.39. The lowest BCUT2D eigenvalue weighted by molar-refractivity contribution is -0.117. The summed E-state index contributed by atoms with van der Waals surface area (Å²) in [4.78, 5) is 28.4. The number of hydrogen-bond donors (Lipinski definition) is 2. The Morgan fingerprint density at radius 1 is 1.58 bits per heavy atom. The van der Waals surface area contributed by atoms with E-state index in [0.29, 0.717) is 19.4 Å². The normalized spacial score (nSPS) is 24.5. The van der Waals surface area contributed by atoms with Crippen molar-refractivity contribution in [1.82, 2.24) is 4.90 Å². The van der Waals surface area contributed by atoms with E-state index in [-0.39, 0.29) is 6.54 Å². The second kappa shape index (κ2) is 3.53. The molecule has 1 unspecified atom stereocenters. The minimum atomic E-state index is -4.39. The maximum Gasteiger partial charge on any atom is 0.469 e. The van der Waals surface area contributed by atoms with Crippen LogP contribution in [0.1, 0.15) is 6.42 Å². The summed E-state index contributed by atoms with van der Waals surface area (Å²) in [6, 6.07) is 0. The Balaban J connectivity index is 2.38. The smallest absolute Gasteiger partial charge is 0.343 e. The van der Waals surface area contributed by atoms with Gasteiger partial charge in [0.05, 0.1) is 6.10 Å². The average molecular weight is 195 g/mol. The molecule has 2 N–H and O–H groups in total. The maximum atomic E-state index is 10.3. The van der Waals surface area contributed by atoms with Gasteiger partial charge in [-0.2, -0.15) is 0 Å². The van der Waals surface area contributed by atoms with Gasteiger partial charge in [-0.3, -0.25) is 9.32 Å². The van der Waals surface area contributed by atoms with Crippen LogP contribution >= 0.6 is 7.82 Å². The van der Waals surface area contributed by atoms with Crippen molar-refractivity contribution >= 4 is 14.2 Å². The second-order valence-electron chi connectivity index (χ2n) is 2.61. The number of carbonyl (C=O) groups is 1. The maximum absolute atomic E-state index is 10.3. The molecular formula is C5H10NO5P. The standard InChI is InChI=1S/C5H10NO5P/c7-4-6-2-1-5(3-6)11-12(8,9)10/h4-5H,1-3H2,(H2,8,9,10). The average Bonchev–Trinajstić information content (AvgIpc) is 2.32. The van der Waals surface area contributed by atoms with Crippen LogP contribution in [0.3, 0.4) is 0 Å². The van der Waals surface area contributed by atoms with Crippen LogP contribution in [0.15, 0.2) is 0 Å². The zero-order chi connectivity index (χ0) is 9.19. The lowest BCUT2D eigenvalue weighted by Crippen LogP contribution is -2.21. The van der Waals surface area contributed by atoms with E-state index in [1.54, 1.807) is 0 Å². The molecule has 1 heterocycles. The molecule has 1 fully saturated rings. The van der Waals surface area contributed by atoms with E-state index >= 15 is 0 Å². The van der Waals surface area contributed by atoms with E-state index in [4.69, 9.17) is 9.79 Å². The van der Waals surface area contributed by atoms with Gasteiger partial charge in [0.15, 0.2) is 0 Å². The predicted molar refractivity (Wildman–Crippen MR) is 39.2 cm³/mol. The Bertz CT molecular complexity index is 214. The highest BCUT2D eigenvalue weighted by molar-refractivity contribution is 7.46. The Morgan fingerprint density at radius 3 is 2.67 bits per heavy atom. The lowest BCUT2D eigenvalue weighted by atomic mass is 10.3. The van der Waals surface area contributed by atoms with Crippen molar-refractivity contribution < 1.29 is 23.7 Å². The first kappa shape index (κ1) is 9.67. The van der Waals surface area contributed by atoms with E-state index in [0.717, 1.165) is 0 Å². The van der Waals surface area contributed by atoms with Crippen molar-refractivity contribution in [3.63, 3.8) is 0 Å². The summed E-state index contributed by atoms with van der Waals surface area (Å²) in [5, 5.41) is 0. The van der Waals surface area contributed by atoms with Crippen LogP contribution in [0.25, 0.3) is 0 Å². The van der Waals surface area contributed by atoms with E-state index in [1.165, 1.54) is 4.90 Å². The summed E-state index contributed by atoms with van der Waals surface area (Å²) in [7, 11) is -4.39. The fraction of sp³-hybridized carbons (Fsp3) is 0.800. The Labute approximate surface area is 69.4 Å². The molecule has 0 bridgehead atoms. The Hall–Kier alpha value is -0.420. The van der Waals surface area contributed by atoms with Gasteiger partial charge in [-0.25, -0.2) is 4.57 Å². The van der Waals surface area contributed by atoms with Gasteiger partial charge in [-0.15, -0.1) is 0 Å². The highest BCUT2D eigenvalue weighted by atomic mass is 31.2. The summed E-state index contributed by atoms with van der Waals surface area (Å²) in [5.74, 6) is 0. The molecule has 0 radical (unpaired) electrons. The van der Waals surface area contributed by atoms with Gasteiger partial charge < -0.3 is 14.7 Å². The quantitative estimate of drug-likeness (QED) is 0.460. The summed E-state index contributed by atoms with van der Waals surface area (Å²) in [6.45, 7) is 0.753. The number of amides is 1. The van der Waals surface area contributed by atoms with E-state index in [1.807, 2.05) is 0 Å². The zero-order valence-corrected chi connectivity index (χ0v) is 7.18. The number of rotatable bonds is 3. The molecular weight excluding hydrogens is 185 g/mol. The Kier molecular flexibility index (Phi) is 2.85. The summed E-state index contributed by atoms with van der Waals surface area (Å²) in [5.41, 5.74) is 0. The molecule has 0 aromatic heterocycles. The van der Waals surface area contributed by atoms with Crippen LogP contribution < -0.4 is 0 Å². The fourth-order valence-electron chi connectivity index (χ4n) is 1.13. The van der Waals surface area contributed by atoms with Gasteiger partial charge in [0.1, 0.15) is 0 Å². The molecule has 70 valence electrons. The third-order valence-electron chi connectivity index (χ3n) is 1.61. The van der Waals surface area contributed by atoms with Crippen LogP contribution in [0.2, 0.25) is 0 Å². The molecule has 1 aliphatic heterocycles. The predicted octanol–water partition coefficient (Wildman–Crippen LogP) is -0.674. The summed E-state index contributed by atoms with van der Waals surface area (Å²) < 4.78 is 14.7. The van der Waals surface area contributed by atoms with E-state index < -0.39 is 13.9 Å². The molecule has 6 nitrogen and oxygen atoms in total. The number of hydrogen-bond acceptors (Lipinski definition) is 3. The second-order valence-corrected chi connectivity index (χ2v) is 3.80. The SMILES string of the molecule is O=CN1CCC(OP(=O)(O)O)C1. The third-order valence-corrected chi connectivity index (χ3v) is 2.18. The van der Waals surface area contributed by atoms with Gasteiger partial charge in [0.25, 0.3) is 0 Å². The molecule has 0 saturated carbocycles. The summed E-state index contributed by atoms with van der Waals surface area (Å²) in [6.07, 6.45) is 0.586. The molecule has 1 amide bonds. The van der Waals surface area contributed by atoms with Gasteiger partial charge in [0, 0.05) is 13.1 Å². The monoisotopic (exact) mass is 195 g/mol. The first-order chi connectivity index (χ1) is 5.51. The van der Waals surface area contributed by atoms with Crippen molar-refractivity contribution in [2.75, 3.05) is 13.1 Å². The first-order valence-corrected chi connectivity index (χ1v) is 4.97. The molecule has 1 atom stereocenters. The molecule has 0 aromatic carbocycles. The molecule has 12 heavy (non-hydrogen) atoms. The minimum absolute atomic E-state index is 0.259. The number of likely N-dealkylation sites (tertiary alicyclic amines) is 1. The van der Waals surface area contributed by atoms with Crippen molar-refractivity contribution in [2.45, 2.75) is 12.5 Å². The van der Waals surface area contributed by atoms with E-state index in [9.17, 15) is 9.36 Å².